The van der Waals surface area contributed by atoms with E-state index in [1.165, 1.54) is 0 Å². The Morgan fingerprint density at radius 1 is 1.26 bits per heavy atom. The van der Waals surface area contributed by atoms with Gasteiger partial charge in [0.1, 0.15) is 6.10 Å². The van der Waals surface area contributed by atoms with Crippen LogP contribution < -0.4 is 0 Å². The van der Waals surface area contributed by atoms with E-state index in [1.54, 1.807) is 15.8 Å². The van der Waals surface area contributed by atoms with Crippen LogP contribution >= 0.6 is 0 Å². The van der Waals surface area contributed by atoms with Gasteiger partial charge in [-0.15, -0.1) is 0 Å². The molecule has 1 saturated heterocycles. The summed E-state index contributed by atoms with van der Waals surface area (Å²) in [5.41, 5.74) is 3.18. The third kappa shape index (κ3) is 3.24. The molecule has 0 N–H and O–H groups in total. The molecule has 0 bridgehead atoms. The first-order chi connectivity index (χ1) is 10.9. The van der Waals surface area contributed by atoms with Gasteiger partial charge in [0.05, 0.1) is 24.4 Å². The van der Waals surface area contributed by atoms with Gasteiger partial charge >= 0.3 is 0 Å². The van der Waals surface area contributed by atoms with Gasteiger partial charge in [0.2, 0.25) is 0 Å². The van der Waals surface area contributed by atoms with E-state index in [1.807, 2.05) is 33.9 Å². The van der Waals surface area contributed by atoms with E-state index >= 15 is 0 Å². The van der Waals surface area contributed by atoms with Crippen LogP contribution in [0.3, 0.4) is 0 Å². The summed E-state index contributed by atoms with van der Waals surface area (Å²) >= 11 is 0. The molecule has 122 valence electrons. The molecule has 23 heavy (non-hydrogen) atoms. The number of aromatic nitrogens is 4. The molecule has 1 aliphatic rings. The van der Waals surface area contributed by atoms with Gasteiger partial charge in [-0.2, -0.15) is 5.10 Å². The number of rotatable bonds is 2. The molecule has 1 atom stereocenters. The summed E-state index contributed by atoms with van der Waals surface area (Å²) in [7, 11) is 1.81. The average Bonchev–Trinajstić information content (AvgIpc) is 2.84. The molecule has 2 aromatic heterocycles. The Kier molecular flexibility index (Phi) is 4.12. The Bertz CT molecular complexity index is 720. The summed E-state index contributed by atoms with van der Waals surface area (Å²) in [6.45, 7) is 7.21. The zero-order valence-electron chi connectivity index (χ0n) is 13.9. The van der Waals surface area contributed by atoms with Gasteiger partial charge in [-0.25, -0.2) is 9.97 Å². The molecule has 3 heterocycles. The molecule has 1 aliphatic heterocycles. The predicted molar refractivity (Wildman–Crippen MR) is 84.0 cm³/mol. The van der Waals surface area contributed by atoms with E-state index in [4.69, 9.17) is 4.74 Å². The molecule has 1 fully saturated rings. The molecule has 7 nitrogen and oxygen atoms in total. The molecule has 0 aliphatic carbocycles. The highest BCUT2D eigenvalue weighted by Gasteiger charge is 2.29. The van der Waals surface area contributed by atoms with Crippen molar-refractivity contribution < 1.29 is 9.53 Å². The van der Waals surface area contributed by atoms with Crippen molar-refractivity contribution in [3.05, 3.63) is 40.7 Å². The SMILES string of the molecule is Cc1cc(C)nc([C@H]2CN(C(=O)c3cn(C)nc3C)CCO2)n1. The Hall–Kier alpha value is -2.28. The second kappa shape index (κ2) is 6.08. The lowest BCUT2D eigenvalue weighted by Gasteiger charge is -2.32. The number of carbonyl (C=O) groups excluding carboxylic acids is 1. The molecule has 7 heteroatoms. The monoisotopic (exact) mass is 315 g/mol. The number of aryl methyl sites for hydroxylation is 4. The molecule has 0 spiro atoms. The van der Waals surface area contributed by atoms with E-state index in [2.05, 4.69) is 15.1 Å². The third-order valence-electron chi connectivity index (χ3n) is 3.89. The number of morpholine rings is 1. The van der Waals surface area contributed by atoms with Crippen molar-refractivity contribution in [1.29, 1.82) is 0 Å². The number of amides is 1. The maximum atomic E-state index is 12.7. The van der Waals surface area contributed by atoms with Crippen molar-refractivity contribution in [2.75, 3.05) is 19.7 Å². The van der Waals surface area contributed by atoms with E-state index in [-0.39, 0.29) is 12.0 Å². The second-order valence-electron chi connectivity index (χ2n) is 5.92. The lowest BCUT2D eigenvalue weighted by Crippen LogP contribution is -2.42. The maximum Gasteiger partial charge on any atom is 0.257 e. The maximum absolute atomic E-state index is 12.7. The van der Waals surface area contributed by atoms with Crippen molar-refractivity contribution in [1.82, 2.24) is 24.6 Å². The fraction of sp³-hybridized carbons (Fsp3) is 0.500. The number of nitrogens with zero attached hydrogens (tertiary/aromatic N) is 5. The van der Waals surface area contributed by atoms with E-state index in [0.717, 1.165) is 17.1 Å². The average molecular weight is 315 g/mol. The van der Waals surface area contributed by atoms with Crippen molar-refractivity contribution in [2.24, 2.45) is 7.05 Å². The summed E-state index contributed by atoms with van der Waals surface area (Å²) in [6, 6.07) is 1.92. The number of ether oxygens (including phenoxy) is 1. The molecule has 1 amide bonds. The fourth-order valence-corrected chi connectivity index (χ4v) is 2.87. The molecule has 0 unspecified atom stereocenters. The quantitative estimate of drug-likeness (QED) is 0.836. The zero-order valence-corrected chi connectivity index (χ0v) is 13.9. The molecular weight excluding hydrogens is 294 g/mol. The highest BCUT2D eigenvalue weighted by Crippen LogP contribution is 2.22. The van der Waals surface area contributed by atoms with Crippen LogP contribution in [0.5, 0.6) is 0 Å². The summed E-state index contributed by atoms with van der Waals surface area (Å²) < 4.78 is 7.45. The van der Waals surface area contributed by atoms with E-state index < -0.39 is 0 Å². The molecule has 0 saturated carbocycles. The van der Waals surface area contributed by atoms with Crippen molar-refractivity contribution in [3.8, 4) is 0 Å². The molecule has 2 aromatic rings. The van der Waals surface area contributed by atoms with Crippen LogP contribution in [0.25, 0.3) is 0 Å². The number of carbonyl (C=O) groups is 1. The van der Waals surface area contributed by atoms with Crippen LogP contribution in [0, 0.1) is 20.8 Å². The van der Waals surface area contributed by atoms with Gasteiger partial charge in [0.25, 0.3) is 5.91 Å². The topological polar surface area (TPSA) is 73.1 Å². The Morgan fingerprint density at radius 3 is 2.57 bits per heavy atom. The molecular formula is C16H21N5O2. The summed E-state index contributed by atoms with van der Waals surface area (Å²) in [5, 5.41) is 4.24. The Labute approximate surface area is 135 Å². The Balaban J connectivity index is 1.80. The highest BCUT2D eigenvalue weighted by atomic mass is 16.5. The molecule has 0 aromatic carbocycles. The van der Waals surface area contributed by atoms with Gasteiger partial charge in [0.15, 0.2) is 5.82 Å². The minimum absolute atomic E-state index is 0.0201. The van der Waals surface area contributed by atoms with Crippen LogP contribution in [0.2, 0.25) is 0 Å². The molecule has 3 rings (SSSR count). The first kappa shape index (κ1) is 15.6. The summed E-state index contributed by atoms with van der Waals surface area (Å²) in [6.07, 6.45) is 1.47. The van der Waals surface area contributed by atoms with E-state index in [0.29, 0.717) is 31.1 Å². The number of hydrogen-bond donors (Lipinski definition) is 0. The lowest BCUT2D eigenvalue weighted by molar-refractivity contribution is -0.0269. The summed E-state index contributed by atoms with van der Waals surface area (Å²) in [4.78, 5) is 23.4. The van der Waals surface area contributed by atoms with Crippen LogP contribution in [0.4, 0.5) is 0 Å². The normalized spacial score (nSPS) is 18.3. The second-order valence-corrected chi connectivity index (χ2v) is 5.92. The third-order valence-corrected chi connectivity index (χ3v) is 3.89. The standard InChI is InChI=1S/C16H21N5O2/c1-10-7-11(2)18-15(17-10)14-9-21(5-6-23-14)16(22)13-8-20(4)19-12(13)3/h7-8,14H,5-6,9H2,1-4H3/t14-/m1/s1. The van der Waals surface area contributed by atoms with Crippen LogP contribution in [0.15, 0.2) is 12.3 Å². The van der Waals surface area contributed by atoms with Crippen LogP contribution in [0.1, 0.15) is 39.4 Å². The largest absolute Gasteiger partial charge is 0.367 e. The van der Waals surface area contributed by atoms with Crippen molar-refractivity contribution >= 4 is 5.91 Å². The van der Waals surface area contributed by atoms with Crippen LogP contribution in [-0.2, 0) is 11.8 Å². The van der Waals surface area contributed by atoms with Crippen molar-refractivity contribution in [3.63, 3.8) is 0 Å². The smallest absolute Gasteiger partial charge is 0.257 e. The lowest BCUT2D eigenvalue weighted by atomic mass is 10.2. The van der Waals surface area contributed by atoms with Crippen LogP contribution in [-0.4, -0.2) is 50.3 Å². The molecule has 0 radical (unpaired) electrons. The first-order valence-electron chi connectivity index (χ1n) is 7.67. The number of hydrogen-bond acceptors (Lipinski definition) is 5. The highest BCUT2D eigenvalue weighted by molar-refractivity contribution is 5.95. The predicted octanol–water partition coefficient (Wildman–Crippen LogP) is 1.35. The van der Waals surface area contributed by atoms with Crippen molar-refractivity contribution in [2.45, 2.75) is 26.9 Å². The minimum atomic E-state index is -0.289. The van der Waals surface area contributed by atoms with Gasteiger partial charge in [0, 0.05) is 31.2 Å². The van der Waals surface area contributed by atoms with Gasteiger partial charge in [-0.3, -0.25) is 9.48 Å². The summed E-state index contributed by atoms with van der Waals surface area (Å²) in [5.74, 6) is 0.621. The van der Waals surface area contributed by atoms with E-state index in [9.17, 15) is 4.79 Å². The van der Waals surface area contributed by atoms with Gasteiger partial charge in [-0.05, 0) is 26.8 Å². The zero-order chi connectivity index (χ0) is 16.6. The Morgan fingerprint density at radius 2 is 1.96 bits per heavy atom. The fourth-order valence-electron chi connectivity index (χ4n) is 2.87. The van der Waals surface area contributed by atoms with Gasteiger partial charge in [-0.1, -0.05) is 0 Å². The minimum Gasteiger partial charge on any atom is -0.367 e. The van der Waals surface area contributed by atoms with Gasteiger partial charge < -0.3 is 9.64 Å². The first-order valence-corrected chi connectivity index (χ1v) is 7.67.